The van der Waals surface area contributed by atoms with Crippen LogP contribution in [-0.2, 0) is 24.1 Å². The molecule has 2 aromatic carbocycles. The second-order valence-corrected chi connectivity index (χ2v) is 10.8. The summed E-state index contributed by atoms with van der Waals surface area (Å²) in [4.78, 5) is 41.4. The Morgan fingerprint density at radius 2 is 1.95 bits per heavy atom. The van der Waals surface area contributed by atoms with E-state index in [1.54, 1.807) is 35.9 Å². The number of hydrogen-bond donors (Lipinski definition) is 1. The molecule has 1 fully saturated rings. The van der Waals surface area contributed by atoms with Crippen molar-refractivity contribution in [3.05, 3.63) is 111 Å². The van der Waals surface area contributed by atoms with E-state index in [4.69, 9.17) is 16.3 Å². The number of aliphatic hydroxyl groups excluding tert-OH is 1. The maximum Gasteiger partial charge on any atom is 0.257 e. The standard InChI is InChI=1S/C30H24ClFN6O4/c1-37-14-25(36-16-37)28(40)18-8-23-27(24(32)9-18)30(19-2-4-20(31)5-3-19,42-22-7-6-21(39)10-22)38(29(23)41)15-26-34-12-17(11-33)13-35-26/h2-5,8-9,12-14,16,21-22,39H,6-7,10,15H2,1H3. The van der Waals surface area contributed by atoms with E-state index in [0.717, 1.165) is 6.07 Å². The van der Waals surface area contributed by atoms with Crippen LogP contribution >= 0.6 is 11.6 Å². The van der Waals surface area contributed by atoms with Gasteiger partial charge in [0, 0.05) is 41.8 Å². The van der Waals surface area contributed by atoms with E-state index in [0.29, 0.717) is 23.4 Å². The van der Waals surface area contributed by atoms with Crippen molar-refractivity contribution in [2.75, 3.05) is 0 Å². The lowest BCUT2D eigenvalue weighted by molar-refractivity contribution is -0.149. The van der Waals surface area contributed by atoms with E-state index in [9.17, 15) is 20.0 Å². The minimum Gasteiger partial charge on any atom is -0.393 e. The highest BCUT2D eigenvalue weighted by Gasteiger charge is 2.56. The lowest BCUT2D eigenvalue weighted by atomic mass is 9.90. The minimum absolute atomic E-state index is 0.0453. The number of nitriles is 1. The van der Waals surface area contributed by atoms with Crippen LogP contribution in [0, 0.1) is 17.1 Å². The normalized spacial score (nSPS) is 21.4. The van der Waals surface area contributed by atoms with Crippen molar-refractivity contribution < 1.29 is 23.8 Å². The van der Waals surface area contributed by atoms with Crippen LogP contribution in [-0.4, -0.2) is 53.4 Å². The molecule has 0 spiro atoms. The van der Waals surface area contributed by atoms with Gasteiger partial charge in [-0.1, -0.05) is 23.7 Å². The highest BCUT2D eigenvalue weighted by Crippen LogP contribution is 2.49. The van der Waals surface area contributed by atoms with E-state index in [2.05, 4.69) is 15.0 Å². The van der Waals surface area contributed by atoms with Gasteiger partial charge in [0.15, 0.2) is 0 Å². The summed E-state index contributed by atoms with van der Waals surface area (Å²) in [5.41, 5.74) is -1.23. The molecule has 1 N–H and O–H groups in total. The van der Waals surface area contributed by atoms with Crippen LogP contribution in [0.1, 0.15) is 68.2 Å². The zero-order valence-electron chi connectivity index (χ0n) is 22.4. The van der Waals surface area contributed by atoms with Crippen LogP contribution < -0.4 is 0 Å². The minimum atomic E-state index is -1.81. The Kier molecular flexibility index (Phi) is 7.06. The number of benzene rings is 2. The number of ketones is 1. The number of amides is 1. The summed E-state index contributed by atoms with van der Waals surface area (Å²) in [6.45, 7) is -0.208. The largest absolute Gasteiger partial charge is 0.393 e. The zero-order valence-corrected chi connectivity index (χ0v) is 23.1. The van der Waals surface area contributed by atoms with E-state index >= 15 is 4.39 Å². The predicted molar refractivity (Wildman–Crippen MR) is 147 cm³/mol. The topological polar surface area (TPSA) is 134 Å². The molecule has 10 nitrogen and oxygen atoms in total. The fourth-order valence-corrected chi connectivity index (χ4v) is 5.73. The Morgan fingerprint density at radius 3 is 2.57 bits per heavy atom. The van der Waals surface area contributed by atoms with Gasteiger partial charge in [0.25, 0.3) is 5.91 Å². The van der Waals surface area contributed by atoms with E-state index in [1.165, 1.54) is 35.9 Å². The van der Waals surface area contributed by atoms with Gasteiger partial charge < -0.3 is 14.4 Å². The van der Waals surface area contributed by atoms with Crippen molar-refractivity contribution in [2.24, 2.45) is 7.05 Å². The average molecular weight is 587 g/mol. The van der Waals surface area contributed by atoms with Gasteiger partial charge in [0.1, 0.15) is 23.4 Å². The number of rotatable bonds is 7. The van der Waals surface area contributed by atoms with Crippen molar-refractivity contribution in [3.8, 4) is 6.07 Å². The van der Waals surface area contributed by atoms with Crippen molar-refractivity contribution in [3.63, 3.8) is 0 Å². The molecule has 3 heterocycles. The highest BCUT2D eigenvalue weighted by atomic mass is 35.5. The molecule has 1 amide bonds. The third-order valence-corrected chi connectivity index (χ3v) is 7.80. The molecule has 3 unspecified atom stereocenters. The maximum absolute atomic E-state index is 16.4. The van der Waals surface area contributed by atoms with Gasteiger partial charge in [-0.3, -0.25) is 14.5 Å². The van der Waals surface area contributed by atoms with Gasteiger partial charge in [-0.2, -0.15) is 5.26 Å². The fourth-order valence-electron chi connectivity index (χ4n) is 5.60. The van der Waals surface area contributed by atoms with Gasteiger partial charge in [-0.15, -0.1) is 0 Å². The molecule has 0 bridgehead atoms. The summed E-state index contributed by atoms with van der Waals surface area (Å²) in [6.07, 6.45) is 5.77. The number of hydrogen-bond acceptors (Lipinski definition) is 8. The summed E-state index contributed by atoms with van der Waals surface area (Å²) in [5, 5.41) is 19.9. The van der Waals surface area contributed by atoms with Gasteiger partial charge >= 0.3 is 0 Å². The van der Waals surface area contributed by atoms with Crippen LogP contribution in [0.5, 0.6) is 0 Å². The van der Waals surface area contributed by atoms with Crippen LogP contribution in [0.15, 0.2) is 61.3 Å². The number of nitrogens with zero attached hydrogens (tertiary/aromatic N) is 6. The zero-order chi connectivity index (χ0) is 29.6. The molecule has 2 aromatic heterocycles. The molecular weight excluding hydrogens is 563 g/mol. The van der Waals surface area contributed by atoms with Crippen molar-refractivity contribution in [1.29, 1.82) is 5.26 Å². The summed E-state index contributed by atoms with van der Waals surface area (Å²) in [6, 6.07) is 10.9. The first-order chi connectivity index (χ1) is 20.2. The molecule has 0 radical (unpaired) electrons. The molecule has 3 atom stereocenters. The first-order valence-electron chi connectivity index (χ1n) is 13.2. The van der Waals surface area contributed by atoms with E-state index in [-0.39, 0.29) is 46.7 Å². The maximum atomic E-state index is 16.4. The molecule has 212 valence electrons. The van der Waals surface area contributed by atoms with Crippen LogP contribution in [0.3, 0.4) is 0 Å². The summed E-state index contributed by atoms with van der Waals surface area (Å²) < 4.78 is 24.7. The Morgan fingerprint density at radius 1 is 1.21 bits per heavy atom. The number of ether oxygens (including phenoxy) is 1. The molecule has 42 heavy (non-hydrogen) atoms. The number of aryl methyl sites for hydroxylation is 1. The number of halogens is 2. The molecular formula is C30H24ClFN6O4. The Hall–Kier alpha value is -4.50. The molecule has 2 aliphatic rings. The lowest BCUT2D eigenvalue weighted by Crippen LogP contribution is -2.48. The quantitative estimate of drug-likeness (QED) is 0.322. The second-order valence-electron chi connectivity index (χ2n) is 10.4. The van der Waals surface area contributed by atoms with Crippen LogP contribution in [0.25, 0.3) is 0 Å². The summed E-state index contributed by atoms with van der Waals surface area (Å²) in [7, 11) is 1.71. The van der Waals surface area contributed by atoms with E-state index < -0.39 is 35.4 Å². The smallest absolute Gasteiger partial charge is 0.257 e. The van der Waals surface area contributed by atoms with Crippen molar-refractivity contribution in [2.45, 2.75) is 43.7 Å². The average Bonchev–Trinajstić information content (AvgIpc) is 3.67. The Balaban J connectivity index is 1.55. The predicted octanol–water partition coefficient (Wildman–Crippen LogP) is 3.89. The molecule has 1 aliphatic carbocycles. The lowest BCUT2D eigenvalue weighted by Gasteiger charge is -2.41. The SMILES string of the molecule is Cn1cnc(C(=O)c2cc(F)c3c(c2)C(=O)N(Cc2ncc(C#N)cn2)C3(OC2CCC(O)C2)c2ccc(Cl)cc2)c1. The second kappa shape index (κ2) is 10.7. The molecule has 1 saturated carbocycles. The molecule has 6 rings (SSSR count). The van der Waals surface area contributed by atoms with E-state index in [1.807, 2.05) is 6.07 Å². The third-order valence-electron chi connectivity index (χ3n) is 7.55. The number of carbonyl (C=O) groups is 2. The number of fused-ring (bicyclic) bond motifs is 1. The number of aliphatic hydroxyl groups is 1. The van der Waals surface area contributed by atoms with Crippen LogP contribution in [0.4, 0.5) is 4.39 Å². The van der Waals surface area contributed by atoms with Crippen LogP contribution in [0.2, 0.25) is 5.02 Å². The van der Waals surface area contributed by atoms with Gasteiger partial charge in [-0.05, 0) is 43.5 Å². The van der Waals surface area contributed by atoms with Crippen molar-refractivity contribution >= 4 is 23.3 Å². The Bertz CT molecular complexity index is 1740. The van der Waals surface area contributed by atoms with Gasteiger partial charge in [0.05, 0.1) is 41.8 Å². The van der Waals surface area contributed by atoms with Crippen molar-refractivity contribution in [1.82, 2.24) is 24.4 Å². The molecule has 1 aliphatic heterocycles. The number of aromatic nitrogens is 4. The van der Waals surface area contributed by atoms with Gasteiger partial charge in [-0.25, -0.2) is 19.3 Å². The fraction of sp³-hybridized carbons (Fsp3) is 0.267. The Labute approximate surface area is 245 Å². The first-order valence-corrected chi connectivity index (χ1v) is 13.6. The number of imidazole rings is 1. The molecule has 12 heteroatoms. The van der Waals surface area contributed by atoms with Gasteiger partial charge in [0.2, 0.25) is 11.5 Å². The summed E-state index contributed by atoms with van der Waals surface area (Å²) >= 11 is 6.20. The first kappa shape index (κ1) is 27.7. The number of carbonyl (C=O) groups excluding carboxylic acids is 2. The summed E-state index contributed by atoms with van der Waals surface area (Å²) in [5.74, 6) is -1.79. The highest BCUT2D eigenvalue weighted by molar-refractivity contribution is 6.30. The monoisotopic (exact) mass is 586 g/mol. The molecule has 4 aromatic rings. The molecule has 0 saturated heterocycles. The third kappa shape index (κ3) is 4.73.